The predicted molar refractivity (Wildman–Crippen MR) is 47.0 cm³/mol. The van der Waals surface area contributed by atoms with E-state index in [4.69, 9.17) is 5.73 Å². The van der Waals surface area contributed by atoms with Gasteiger partial charge < -0.3 is 5.73 Å². The average molecular weight is 240 g/mol. The molecule has 0 spiro atoms. The second-order valence-electron chi connectivity index (χ2n) is 3.14. The number of nitrogens with zero attached hydrogens (tertiary/aromatic N) is 1. The summed E-state index contributed by atoms with van der Waals surface area (Å²) in [6, 6.07) is 0.923. The minimum atomic E-state index is -4.70. The Balaban J connectivity index is 3.22. The van der Waals surface area contributed by atoms with Crippen molar-refractivity contribution in [3.05, 3.63) is 29.6 Å². The van der Waals surface area contributed by atoms with Crippen molar-refractivity contribution < 1.29 is 22.0 Å². The molecule has 1 heterocycles. The first-order valence-corrected chi connectivity index (χ1v) is 4.37. The maximum absolute atomic E-state index is 12.5. The monoisotopic (exact) mass is 240 g/mol. The lowest BCUT2D eigenvalue weighted by Crippen LogP contribution is -2.23. The molecule has 1 aromatic rings. The fraction of sp³-hybridized carbons (Fsp3) is 0.444. The van der Waals surface area contributed by atoms with Gasteiger partial charge in [-0.25, -0.2) is 8.78 Å². The van der Waals surface area contributed by atoms with E-state index >= 15 is 0 Å². The zero-order chi connectivity index (χ0) is 12.3. The molecule has 0 aliphatic carbocycles. The Hall–Kier alpha value is -1.24. The smallest absolute Gasteiger partial charge is 0.330 e. The molecule has 0 bridgehead atoms. The third kappa shape index (κ3) is 2.66. The van der Waals surface area contributed by atoms with Crippen molar-refractivity contribution in [2.45, 2.75) is 18.5 Å². The van der Waals surface area contributed by atoms with Gasteiger partial charge in [0.2, 0.25) is 6.43 Å². The standard InChI is InChI=1S/C9H9F5N2/c10-8(11)6(3-15)5-1-2-16-4-7(5)9(12,13)14/h1-2,4,6,8H,3,15H2. The van der Waals surface area contributed by atoms with Crippen molar-refractivity contribution >= 4 is 0 Å². The zero-order valence-corrected chi connectivity index (χ0v) is 8.01. The maximum atomic E-state index is 12.5. The molecule has 0 aromatic carbocycles. The van der Waals surface area contributed by atoms with Gasteiger partial charge in [-0.1, -0.05) is 0 Å². The molecule has 0 saturated heterocycles. The van der Waals surface area contributed by atoms with Crippen molar-refractivity contribution in [2.24, 2.45) is 5.73 Å². The van der Waals surface area contributed by atoms with Gasteiger partial charge in [0.1, 0.15) is 0 Å². The molecular weight excluding hydrogens is 231 g/mol. The number of hydrogen-bond donors (Lipinski definition) is 1. The molecule has 1 rings (SSSR count). The van der Waals surface area contributed by atoms with Crippen LogP contribution in [-0.2, 0) is 6.18 Å². The molecule has 2 nitrogen and oxygen atoms in total. The Bertz CT molecular complexity index is 350. The summed E-state index contributed by atoms with van der Waals surface area (Å²) in [5.74, 6) is -1.63. The molecule has 1 atom stereocenters. The molecule has 1 aromatic heterocycles. The van der Waals surface area contributed by atoms with Crippen molar-refractivity contribution in [2.75, 3.05) is 6.54 Å². The zero-order valence-electron chi connectivity index (χ0n) is 8.01. The summed E-state index contributed by atoms with van der Waals surface area (Å²) in [5, 5.41) is 0. The summed E-state index contributed by atoms with van der Waals surface area (Å²) in [5.41, 5.74) is 3.37. The van der Waals surface area contributed by atoms with E-state index in [1.807, 2.05) is 0 Å². The lowest BCUT2D eigenvalue weighted by atomic mass is 9.96. The fourth-order valence-corrected chi connectivity index (χ4v) is 1.33. The number of nitrogens with two attached hydrogens (primary N) is 1. The first kappa shape index (κ1) is 12.8. The van der Waals surface area contributed by atoms with E-state index in [9.17, 15) is 22.0 Å². The highest BCUT2D eigenvalue weighted by Crippen LogP contribution is 2.36. The summed E-state index contributed by atoms with van der Waals surface area (Å²) >= 11 is 0. The predicted octanol–water partition coefficient (Wildman–Crippen LogP) is 2.41. The normalized spacial score (nSPS) is 14.2. The van der Waals surface area contributed by atoms with Crippen LogP contribution in [0.1, 0.15) is 17.0 Å². The SMILES string of the molecule is NCC(c1ccncc1C(F)(F)F)C(F)F. The number of hydrogen-bond acceptors (Lipinski definition) is 2. The molecule has 0 radical (unpaired) electrons. The summed E-state index contributed by atoms with van der Waals surface area (Å²) in [7, 11) is 0. The van der Waals surface area contributed by atoms with Crippen LogP contribution in [0.5, 0.6) is 0 Å². The van der Waals surface area contributed by atoms with Gasteiger partial charge in [-0.15, -0.1) is 0 Å². The van der Waals surface area contributed by atoms with E-state index in [-0.39, 0.29) is 0 Å². The van der Waals surface area contributed by atoms with E-state index < -0.39 is 36.2 Å². The topological polar surface area (TPSA) is 38.9 Å². The van der Waals surface area contributed by atoms with Gasteiger partial charge in [0.15, 0.2) is 0 Å². The molecular formula is C9H9F5N2. The highest BCUT2D eigenvalue weighted by molar-refractivity contribution is 5.30. The van der Waals surface area contributed by atoms with E-state index in [1.165, 1.54) is 0 Å². The van der Waals surface area contributed by atoms with Gasteiger partial charge in [-0.2, -0.15) is 13.2 Å². The van der Waals surface area contributed by atoms with Crippen LogP contribution in [-0.4, -0.2) is 18.0 Å². The van der Waals surface area contributed by atoms with Crippen LogP contribution < -0.4 is 5.73 Å². The largest absolute Gasteiger partial charge is 0.418 e. The van der Waals surface area contributed by atoms with E-state index in [1.54, 1.807) is 0 Å². The summed E-state index contributed by atoms with van der Waals surface area (Å²) in [6.07, 6.45) is -6.07. The Morgan fingerprint density at radius 3 is 2.38 bits per heavy atom. The third-order valence-electron chi connectivity index (χ3n) is 2.12. The summed E-state index contributed by atoms with van der Waals surface area (Å²) in [6.45, 7) is -0.551. The first-order chi connectivity index (χ1) is 7.38. The number of pyridine rings is 1. The van der Waals surface area contributed by atoms with Gasteiger partial charge in [-0.05, 0) is 11.6 Å². The van der Waals surface area contributed by atoms with Crippen LogP contribution in [0.4, 0.5) is 22.0 Å². The van der Waals surface area contributed by atoms with Crippen LogP contribution in [0.15, 0.2) is 18.5 Å². The molecule has 0 fully saturated rings. The molecule has 0 amide bonds. The number of rotatable bonds is 3. The van der Waals surface area contributed by atoms with Gasteiger partial charge in [0.25, 0.3) is 0 Å². The molecule has 1 unspecified atom stereocenters. The molecule has 2 N–H and O–H groups in total. The second-order valence-corrected chi connectivity index (χ2v) is 3.14. The fourth-order valence-electron chi connectivity index (χ4n) is 1.33. The van der Waals surface area contributed by atoms with Crippen LogP contribution in [0, 0.1) is 0 Å². The average Bonchev–Trinajstić information content (AvgIpc) is 2.17. The molecule has 0 aliphatic rings. The number of aromatic nitrogens is 1. The first-order valence-electron chi connectivity index (χ1n) is 4.37. The van der Waals surface area contributed by atoms with Gasteiger partial charge in [-0.3, -0.25) is 4.98 Å². The summed E-state index contributed by atoms with van der Waals surface area (Å²) in [4.78, 5) is 3.28. The number of halogens is 5. The van der Waals surface area contributed by atoms with Crippen molar-refractivity contribution in [1.82, 2.24) is 4.98 Å². The molecule has 0 saturated carbocycles. The van der Waals surface area contributed by atoms with Crippen LogP contribution in [0.2, 0.25) is 0 Å². The van der Waals surface area contributed by atoms with E-state index in [0.717, 1.165) is 12.3 Å². The minimum absolute atomic E-state index is 0.514. The Kier molecular flexibility index (Phi) is 3.79. The Labute approximate surface area is 88.3 Å². The Morgan fingerprint density at radius 1 is 1.31 bits per heavy atom. The van der Waals surface area contributed by atoms with Crippen LogP contribution in [0.25, 0.3) is 0 Å². The lowest BCUT2D eigenvalue weighted by Gasteiger charge is -2.18. The number of alkyl halides is 5. The van der Waals surface area contributed by atoms with E-state index in [2.05, 4.69) is 4.98 Å². The molecule has 90 valence electrons. The molecule has 7 heteroatoms. The molecule has 0 aliphatic heterocycles. The highest BCUT2D eigenvalue weighted by Gasteiger charge is 2.37. The summed E-state index contributed by atoms with van der Waals surface area (Å²) < 4.78 is 62.4. The van der Waals surface area contributed by atoms with Gasteiger partial charge in [0.05, 0.1) is 11.5 Å². The van der Waals surface area contributed by atoms with Gasteiger partial charge >= 0.3 is 6.18 Å². The van der Waals surface area contributed by atoms with Gasteiger partial charge in [0, 0.05) is 18.9 Å². The quantitative estimate of drug-likeness (QED) is 0.824. The highest BCUT2D eigenvalue weighted by atomic mass is 19.4. The third-order valence-corrected chi connectivity index (χ3v) is 2.12. The van der Waals surface area contributed by atoms with Crippen molar-refractivity contribution in [3.63, 3.8) is 0 Å². The molecule has 16 heavy (non-hydrogen) atoms. The van der Waals surface area contributed by atoms with Crippen molar-refractivity contribution in [1.29, 1.82) is 0 Å². The Morgan fingerprint density at radius 2 is 1.94 bits per heavy atom. The second kappa shape index (κ2) is 4.73. The maximum Gasteiger partial charge on any atom is 0.418 e. The van der Waals surface area contributed by atoms with Crippen LogP contribution >= 0.6 is 0 Å². The lowest BCUT2D eigenvalue weighted by molar-refractivity contribution is -0.138. The minimum Gasteiger partial charge on any atom is -0.330 e. The van der Waals surface area contributed by atoms with E-state index in [0.29, 0.717) is 6.20 Å². The van der Waals surface area contributed by atoms with Crippen molar-refractivity contribution in [3.8, 4) is 0 Å². The van der Waals surface area contributed by atoms with Crippen LogP contribution in [0.3, 0.4) is 0 Å².